The Labute approximate surface area is 131 Å². The van der Waals surface area contributed by atoms with Crippen molar-refractivity contribution in [3.05, 3.63) is 41.6 Å². The fraction of sp³-hybridized carbons (Fsp3) is 0.421. The van der Waals surface area contributed by atoms with Crippen LogP contribution < -0.4 is 4.74 Å². The van der Waals surface area contributed by atoms with Gasteiger partial charge >= 0.3 is 0 Å². The second-order valence-electron chi connectivity index (χ2n) is 6.56. The van der Waals surface area contributed by atoms with Crippen molar-refractivity contribution in [2.45, 2.75) is 38.3 Å². The molecule has 2 unspecified atom stereocenters. The Morgan fingerprint density at radius 3 is 2.86 bits per heavy atom. The van der Waals surface area contributed by atoms with E-state index in [0.717, 1.165) is 28.8 Å². The van der Waals surface area contributed by atoms with E-state index in [4.69, 9.17) is 4.74 Å². The first-order valence-electron chi connectivity index (χ1n) is 8.04. The van der Waals surface area contributed by atoms with Gasteiger partial charge in [0.25, 0.3) is 0 Å². The first-order valence-corrected chi connectivity index (χ1v) is 8.04. The number of methoxy groups -OCH3 is 1. The van der Waals surface area contributed by atoms with Gasteiger partial charge in [0.1, 0.15) is 5.75 Å². The molecule has 3 nitrogen and oxygen atoms in total. The van der Waals surface area contributed by atoms with Crippen molar-refractivity contribution < 1.29 is 4.74 Å². The quantitative estimate of drug-likeness (QED) is 0.842. The lowest BCUT2D eigenvalue weighted by atomic mass is 9.94. The Kier molecular flexibility index (Phi) is 3.19. The summed E-state index contributed by atoms with van der Waals surface area (Å²) in [6, 6.07) is 9.92. The molecule has 1 fully saturated rings. The third kappa shape index (κ3) is 2.12. The van der Waals surface area contributed by atoms with Gasteiger partial charge < -0.3 is 4.74 Å². The average Bonchev–Trinajstić information content (AvgIpc) is 2.75. The molecule has 0 saturated carbocycles. The van der Waals surface area contributed by atoms with Crippen LogP contribution >= 0.6 is 0 Å². The van der Waals surface area contributed by atoms with Crippen molar-refractivity contribution >= 4 is 16.5 Å². The third-order valence-electron chi connectivity index (χ3n) is 5.23. The number of aryl methyl sites for hydroxylation is 1. The first-order chi connectivity index (χ1) is 10.7. The van der Waals surface area contributed by atoms with Crippen LogP contribution in [-0.4, -0.2) is 36.1 Å². The zero-order valence-corrected chi connectivity index (χ0v) is 13.5. The Balaban J connectivity index is 1.80. The number of benzene rings is 1. The van der Waals surface area contributed by atoms with Crippen LogP contribution in [0.1, 0.15) is 30.5 Å². The van der Waals surface area contributed by atoms with E-state index in [-0.39, 0.29) is 0 Å². The number of aromatic nitrogens is 1. The standard InChI is InChI=1S/C19H22N2O/c1-12-8-19(22-3)17-11-13(4-7-18(17)20-12)14-9-15-5-6-16(10-14)21(15)2/h4,7-9,11,15-16H,5-6,10H2,1-3H3. The van der Waals surface area contributed by atoms with Gasteiger partial charge in [0.15, 0.2) is 0 Å². The largest absolute Gasteiger partial charge is 0.496 e. The number of ether oxygens (including phenoxy) is 1. The molecular formula is C19H22N2O. The van der Waals surface area contributed by atoms with Crippen LogP contribution in [0.15, 0.2) is 30.3 Å². The maximum absolute atomic E-state index is 5.55. The van der Waals surface area contributed by atoms with Gasteiger partial charge in [-0.3, -0.25) is 9.88 Å². The fourth-order valence-corrected chi connectivity index (χ4v) is 3.95. The first kappa shape index (κ1) is 13.8. The number of fused-ring (bicyclic) bond motifs is 3. The van der Waals surface area contributed by atoms with E-state index in [1.165, 1.54) is 24.0 Å². The third-order valence-corrected chi connectivity index (χ3v) is 5.23. The predicted molar refractivity (Wildman–Crippen MR) is 90.2 cm³/mol. The molecule has 114 valence electrons. The molecule has 2 aliphatic heterocycles. The van der Waals surface area contributed by atoms with Gasteiger partial charge in [-0.15, -0.1) is 0 Å². The lowest BCUT2D eigenvalue weighted by molar-refractivity contribution is 0.264. The summed E-state index contributed by atoms with van der Waals surface area (Å²) in [6.45, 7) is 2.01. The minimum Gasteiger partial charge on any atom is -0.496 e. The van der Waals surface area contributed by atoms with Crippen LogP contribution in [0.4, 0.5) is 0 Å². The zero-order valence-electron chi connectivity index (χ0n) is 13.5. The highest BCUT2D eigenvalue weighted by Gasteiger charge is 2.33. The topological polar surface area (TPSA) is 25.4 Å². The molecule has 1 saturated heterocycles. The monoisotopic (exact) mass is 294 g/mol. The van der Waals surface area contributed by atoms with E-state index in [1.807, 2.05) is 13.0 Å². The summed E-state index contributed by atoms with van der Waals surface area (Å²) >= 11 is 0. The molecule has 2 aliphatic rings. The summed E-state index contributed by atoms with van der Waals surface area (Å²) < 4.78 is 5.55. The maximum Gasteiger partial charge on any atom is 0.130 e. The fourth-order valence-electron chi connectivity index (χ4n) is 3.95. The van der Waals surface area contributed by atoms with Crippen LogP contribution in [0.5, 0.6) is 5.75 Å². The number of pyridine rings is 1. The number of nitrogens with zero attached hydrogens (tertiary/aromatic N) is 2. The van der Waals surface area contributed by atoms with E-state index < -0.39 is 0 Å². The van der Waals surface area contributed by atoms with Gasteiger partial charge in [-0.2, -0.15) is 0 Å². The lowest BCUT2D eigenvalue weighted by Gasteiger charge is -2.30. The summed E-state index contributed by atoms with van der Waals surface area (Å²) in [6.07, 6.45) is 6.22. The minimum atomic E-state index is 0.613. The van der Waals surface area contributed by atoms with Crippen LogP contribution in [-0.2, 0) is 0 Å². The van der Waals surface area contributed by atoms with E-state index >= 15 is 0 Å². The minimum absolute atomic E-state index is 0.613. The van der Waals surface area contributed by atoms with Gasteiger partial charge in [0.05, 0.1) is 12.6 Å². The summed E-state index contributed by atoms with van der Waals surface area (Å²) in [5.74, 6) is 0.917. The Morgan fingerprint density at radius 1 is 1.23 bits per heavy atom. The van der Waals surface area contributed by atoms with Crippen molar-refractivity contribution in [3.63, 3.8) is 0 Å². The number of hydrogen-bond donors (Lipinski definition) is 0. The predicted octanol–water partition coefficient (Wildman–Crippen LogP) is 3.80. The Morgan fingerprint density at radius 2 is 2.09 bits per heavy atom. The van der Waals surface area contributed by atoms with Crippen molar-refractivity contribution in [1.29, 1.82) is 0 Å². The zero-order chi connectivity index (χ0) is 15.3. The normalized spacial score (nSPS) is 24.6. The molecule has 1 aromatic heterocycles. The van der Waals surface area contributed by atoms with Gasteiger partial charge in [0.2, 0.25) is 0 Å². The highest BCUT2D eigenvalue weighted by molar-refractivity contribution is 5.89. The van der Waals surface area contributed by atoms with Crippen LogP contribution in [0, 0.1) is 6.92 Å². The Bertz CT molecular complexity index is 765. The van der Waals surface area contributed by atoms with Crippen molar-refractivity contribution in [2.75, 3.05) is 14.2 Å². The molecule has 2 aromatic rings. The van der Waals surface area contributed by atoms with E-state index in [2.05, 4.69) is 41.2 Å². The Hall–Kier alpha value is -1.87. The lowest BCUT2D eigenvalue weighted by Crippen LogP contribution is -2.34. The highest BCUT2D eigenvalue weighted by atomic mass is 16.5. The van der Waals surface area contributed by atoms with Crippen LogP contribution in [0.25, 0.3) is 16.5 Å². The maximum atomic E-state index is 5.55. The molecule has 1 aromatic carbocycles. The number of likely N-dealkylation sites (N-methyl/N-ethyl adjacent to an activating group) is 1. The molecule has 4 rings (SSSR count). The SMILES string of the molecule is COc1cc(C)nc2ccc(C3=CC4CCC(C3)N4C)cc12. The molecular weight excluding hydrogens is 272 g/mol. The smallest absolute Gasteiger partial charge is 0.130 e. The molecule has 0 aliphatic carbocycles. The molecule has 0 radical (unpaired) electrons. The van der Waals surface area contributed by atoms with Crippen LogP contribution in [0.3, 0.4) is 0 Å². The highest BCUT2D eigenvalue weighted by Crippen LogP contribution is 2.38. The van der Waals surface area contributed by atoms with Gasteiger partial charge in [-0.25, -0.2) is 0 Å². The molecule has 22 heavy (non-hydrogen) atoms. The van der Waals surface area contributed by atoms with Crippen molar-refractivity contribution in [2.24, 2.45) is 0 Å². The summed E-state index contributed by atoms with van der Waals surface area (Å²) in [5.41, 5.74) is 4.81. The molecule has 0 N–H and O–H groups in total. The molecule has 2 bridgehead atoms. The van der Waals surface area contributed by atoms with E-state index in [0.29, 0.717) is 12.1 Å². The van der Waals surface area contributed by atoms with Crippen molar-refractivity contribution in [3.8, 4) is 5.75 Å². The van der Waals surface area contributed by atoms with E-state index in [1.54, 1.807) is 7.11 Å². The summed E-state index contributed by atoms with van der Waals surface area (Å²) in [7, 11) is 3.99. The molecule has 3 heteroatoms. The summed E-state index contributed by atoms with van der Waals surface area (Å²) in [4.78, 5) is 7.14. The second kappa shape index (κ2) is 5.10. The number of rotatable bonds is 2. The number of hydrogen-bond acceptors (Lipinski definition) is 3. The molecule has 0 spiro atoms. The van der Waals surface area contributed by atoms with Crippen molar-refractivity contribution in [1.82, 2.24) is 9.88 Å². The average molecular weight is 294 g/mol. The molecule has 3 heterocycles. The van der Waals surface area contributed by atoms with Gasteiger partial charge in [0, 0.05) is 29.2 Å². The molecule has 2 atom stereocenters. The van der Waals surface area contributed by atoms with E-state index in [9.17, 15) is 0 Å². The van der Waals surface area contributed by atoms with Gasteiger partial charge in [-0.1, -0.05) is 12.1 Å². The second-order valence-corrected chi connectivity index (χ2v) is 6.56. The van der Waals surface area contributed by atoms with Gasteiger partial charge in [-0.05, 0) is 56.5 Å². The van der Waals surface area contributed by atoms with Crippen LogP contribution in [0.2, 0.25) is 0 Å². The molecule has 0 amide bonds. The summed E-state index contributed by atoms with van der Waals surface area (Å²) in [5, 5.41) is 1.11.